The van der Waals surface area contributed by atoms with Gasteiger partial charge in [-0.05, 0) is 18.2 Å². The van der Waals surface area contributed by atoms with E-state index in [4.69, 9.17) is 33.4 Å². The van der Waals surface area contributed by atoms with E-state index in [1.54, 1.807) is 18.2 Å². The SMILES string of the molecule is O=C(O)C(O)CNc1cc(Cl)ccc1Cl. The summed E-state index contributed by atoms with van der Waals surface area (Å²) in [6.07, 6.45) is -1.47. The third-order valence-corrected chi connectivity index (χ3v) is 2.26. The van der Waals surface area contributed by atoms with Gasteiger partial charge in [0.2, 0.25) is 0 Å². The lowest BCUT2D eigenvalue weighted by Crippen LogP contribution is -2.28. The number of anilines is 1. The third kappa shape index (κ3) is 3.58. The van der Waals surface area contributed by atoms with Gasteiger partial charge in [-0.15, -0.1) is 0 Å². The Bertz CT molecular complexity index is 370. The average molecular weight is 250 g/mol. The molecule has 0 aliphatic rings. The van der Waals surface area contributed by atoms with Gasteiger partial charge in [-0.25, -0.2) is 4.79 Å². The summed E-state index contributed by atoms with van der Waals surface area (Å²) in [5, 5.41) is 21.0. The maximum Gasteiger partial charge on any atom is 0.334 e. The first-order valence-corrected chi connectivity index (χ1v) is 4.86. The quantitative estimate of drug-likeness (QED) is 0.762. The van der Waals surface area contributed by atoms with Crippen LogP contribution in [0.1, 0.15) is 0 Å². The van der Waals surface area contributed by atoms with E-state index in [-0.39, 0.29) is 6.54 Å². The molecule has 0 aliphatic heterocycles. The largest absolute Gasteiger partial charge is 0.479 e. The Kier molecular flexibility index (Phi) is 4.20. The number of aliphatic hydroxyl groups is 1. The molecule has 0 saturated carbocycles. The molecule has 4 nitrogen and oxygen atoms in total. The van der Waals surface area contributed by atoms with Crippen LogP contribution in [-0.4, -0.2) is 28.8 Å². The summed E-state index contributed by atoms with van der Waals surface area (Å²) in [6, 6.07) is 4.75. The van der Waals surface area contributed by atoms with Crippen molar-refractivity contribution in [1.29, 1.82) is 0 Å². The van der Waals surface area contributed by atoms with Crippen LogP contribution in [0.25, 0.3) is 0 Å². The molecule has 1 unspecified atom stereocenters. The Morgan fingerprint density at radius 2 is 2.13 bits per heavy atom. The minimum atomic E-state index is -1.47. The predicted molar refractivity (Wildman–Crippen MR) is 58.6 cm³/mol. The van der Waals surface area contributed by atoms with E-state index < -0.39 is 12.1 Å². The summed E-state index contributed by atoms with van der Waals surface area (Å²) in [4.78, 5) is 10.3. The van der Waals surface area contributed by atoms with Crippen molar-refractivity contribution in [1.82, 2.24) is 0 Å². The van der Waals surface area contributed by atoms with E-state index in [1.807, 2.05) is 0 Å². The first-order valence-electron chi connectivity index (χ1n) is 4.10. The lowest BCUT2D eigenvalue weighted by atomic mass is 10.3. The first-order chi connectivity index (χ1) is 7.00. The second-order valence-corrected chi connectivity index (χ2v) is 3.70. The van der Waals surface area contributed by atoms with Crippen molar-refractivity contribution >= 4 is 34.9 Å². The van der Waals surface area contributed by atoms with Crippen molar-refractivity contribution in [3.8, 4) is 0 Å². The van der Waals surface area contributed by atoms with Gasteiger partial charge in [-0.1, -0.05) is 23.2 Å². The minimum absolute atomic E-state index is 0.130. The Hall–Kier alpha value is -0.970. The van der Waals surface area contributed by atoms with Crippen LogP contribution < -0.4 is 5.32 Å². The molecule has 0 heterocycles. The first kappa shape index (κ1) is 12.1. The standard InChI is InChI=1S/C9H9Cl2NO3/c10-5-1-2-6(11)7(3-5)12-4-8(13)9(14)15/h1-3,8,12-13H,4H2,(H,14,15). The number of aliphatic carboxylic acids is 1. The molecule has 15 heavy (non-hydrogen) atoms. The zero-order valence-corrected chi connectivity index (χ0v) is 9.09. The number of halogens is 2. The minimum Gasteiger partial charge on any atom is -0.479 e. The molecule has 0 spiro atoms. The van der Waals surface area contributed by atoms with Gasteiger partial charge in [0.15, 0.2) is 6.10 Å². The molecular weight excluding hydrogens is 241 g/mol. The summed E-state index contributed by atoms with van der Waals surface area (Å²) in [5.41, 5.74) is 0.490. The number of rotatable bonds is 4. The number of benzene rings is 1. The van der Waals surface area contributed by atoms with Gasteiger partial charge >= 0.3 is 5.97 Å². The Labute approximate surface area is 96.4 Å². The number of nitrogens with one attached hydrogen (secondary N) is 1. The molecule has 0 radical (unpaired) electrons. The van der Waals surface area contributed by atoms with Crippen molar-refractivity contribution < 1.29 is 15.0 Å². The third-order valence-electron chi connectivity index (χ3n) is 1.70. The van der Waals surface area contributed by atoms with Crippen molar-refractivity contribution in [2.45, 2.75) is 6.10 Å². The molecule has 6 heteroatoms. The average Bonchev–Trinajstić information content (AvgIpc) is 2.18. The van der Waals surface area contributed by atoms with Gasteiger partial charge in [0.1, 0.15) is 0 Å². The van der Waals surface area contributed by atoms with Crippen LogP contribution in [0.3, 0.4) is 0 Å². The number of carboxylic acids is 1. The summed E-state index contributed by atoms with van der Waals surface area (Å²) in [5.74, 6) is -1.29. The van der Waals surface area contributed by atoms with Gasteiger partial charge in [-0.3, -0.25) is 0 Å². The molecule has 0 aliphatic carbocycles. The highest BCUT2D eigenvalue weighted by molar-refractivity contribution is 6.35. The number of aliphatic hydroxyl groups excluding tert-OH is 1. The zero-order valence-electron chi connectivity index (χ0n) is 7.58. The topological polar surface area (TPSA) is 69.6 Å². The molecule has 0 saturated heterocycles. The highest BCUT2D eigenvalue weighted by atomic mass is 35.5. The molecule has 1 atom stereocenters. The van der Waals surface area contributed by atoms with Crippen molar-refractivity contribution in [2.75, 3.05) is 11.9 Å². The molecule has 0 fully saturated rings. The molecule has 1 aromatic carbocycles. The lowest BCUT2D eigenvalue weighted by molar-refractivity contribution is -0.145. The molecule has 1 aromatic rings. The van der Waals surface area contributed by atoms with Crippen molar-refractivity contribution in [2.24, 2.45) is 0 Å². The zero-order chi connectivity index (χ0) is 11.4. The molecule has 0 bridgehead atoms. The van der Waals surface area contributed by atoms with E-state index in [9.17, 15) is 4.79 Å². The molecule has 82 valence electrons. The number of hydrogen-bond acceptors (Lipinski definition) is 3. The predicted octanol–water partition coefficient (Wildman–Crippen LogP) is 1.85. The fraction of sp³-hybridized carbons (Fsp3) is 0.222. The molecule has 3 N–H and O–H groups in total. The van der Waals surface area contributed by atoms with E-state index in [0.29, 0.717) is 15.7 Å². The summed E-state index contributed by atoms with van der Waals surface area (Å²) < 4.78 is 0. The molecular formula is C9H9Cl2NO3. The molecule has 0 aromatic heterocycles. The van der Waals surface area contributed by atoms with E-state index in [0.717, 1.165) is 0 Å². The van der Waals surface area contributed by atoms with Gasteiger partial charge in [-0.2, -0.15) is 0 Å². The highest BCUT2D eigenvalue weighted by Gasteiger charge is 2.12. The second-order valence-electron chi connectivity index (χ2n) is 2.86. The van der Waals surface area contributed by atoms with Gasteiger partial charge < -0.3 is 15.5 Å². The number of carbonyl (C=O) groups is 1. The summed E-state index contributed by atoms with van der Waals surface area (Å²) >= 11 is 11.5. The van der Waals surface area contributed by atoms with E-state index in [1.165, 1.54) is 0 Å². The van der Waals surface area contributed by atoms with Crippen LogP contribution in [0.4, 0.5) is 5.69 Å². The molecule has 1 rings (SSSR count). The Balaban J connectivity index is 2.65. The Morgan fingerprint density at radius 3 is 2.73 bits per heavy atom. The lowest BCUT2D eigenvalue weighted by Gasteiger charge is -2.10. The maximum atomic E-state index is 10.3. The number of hydrogen-bond donors (Lipinski definition) is 3. The summed E-state index contributed by atoms with van der Waals surface area (Å²) in [7, 11) is 0. The monoisotopic (exact) mass is 249 g/mol. The Morgan fingerprint density at radius 1 is 1.47 bits per heavy atom. The van der Waals surface area contributed by atoms with Gasteiger partial charge in [0.05, 0.1) is 17.3 Å². The van der Waals surface area contributed by atoms with E-state index >= 15 is 0 Å². The highest BCUT2D eigenvalue weighted by Crippen LogP contribution is 2.25. The maximum absolute atomic E-state index is 10.3. The van der Waals surface area contributed by atoms with Crippen LogP contribution in [0.15, 0.2) is 18.2 Å². The summed E-state index contributed by atoms with van der Waals surface area (Å²) in [6.45, 7) is -0.130. The van der Waals surface area contributed by atoms with Gasteiger partial charge in [0, 0.05) is 5.02 Å². The van der Waals surface area contributed by atoms with Crippen LogP contribution in [0.5, 0.6) is 0 Å². The fourth-order valence-electron chi connectivity index (χ4n) is 0.927. The van der Waals surface area contributed by atoms with Gasteiger partial charge in [0.25, 0.3) is 0 Å². The normalized spacial score (nSPS) is 12.2. The van der Waals surface area contributed by atoms with Crippen molar-refractivity contribution in [3.05, 3.63) is 28.2 Å². The van der Waals surface area contributed by atoms with Crippen LogP contribution in [-0.2, 0) is 4.79 Å². The van der Waals surface area contributed by atoms with E-state index in [2.05, 4.69) is 5.32 Å². The van der Waals surface area contributed by atoms with Crippen molar-refractivity contribution in [3.63, 3.8) is 0 Å². The van der Waals surface area contributed by atoms with Crippen LogP contribution >= 0.6 is 23.2 Å². The van der Waals surface area contributed by atoms with Crippen LogP contribution in [0, 0.1) is 0 Å². The number of carboxylic acid groups (broad SMARTS) is 1. The second kappa shape index (κ2) is 5.21. The fourth-order valence-corrected chi connectivity index (χ4v) is 1.28. The van der Waals surface area contributed by atoms with Crippen LogP contribution in [0.2, 0.25) is 10.0 Å². The smallest absolute Gasteiger partial charge is 0.334 e. The molecule has 0 amide bonds.